The van der Waals surface area contributed by atoms with E-state index in [0.717, 1.165) is 74.0 Å². The SMILES string of the molecule is Cc1nnc(-c2c(CCc3ccc(F)cc3)nc3c(c2-c2cc4ccnc(N[C@@H]5CCc6ccc(Cl)cc65)c4s2)C(=O)N2CCC[C@H]32)o1. The minimum absolute atomic E-state index is 0.00839. The zero-order valence-electron chi connectivity index (χ0n) is 26.1. The van der Waals surface area contributed by atoms with Crippen molar-refractivity contribution in [3.63, 3.8) is 0 Å². The predicted octanol–water partition coefficient (Wildman–Crippen LogP) is 8.68. The van der Waals surface area contributed by atoms with Crippen molar-refractivity contribution in [3.05, 3.63) is 111 Å². The van der Waals surface area contributed by atoms with Gasteiger partial charge in [0.15, 0.2) is 0 Å². The van der Waals surface area contributed by atoms with E-state index in [0.29, 0.717) is 42.3 Å². The van der Waals surface area contributed by atoms with E-state index in [-0.39, 0.29) is 23.8 Å². The van der Waals surface area contributed by atoms with Gasteiger partial charge < -0.3 is 14.6 Å². The van der Waals surface area contributed by atoms with E-state index in [1.165, 1.54) is 23.3 Å². The Labute approximate surface area is 285 Å². The number of rotatable bonds is 7. The summed E-state index contributed by atoms with van der Waals surface area (Å²) in [5.74, 6) is 1.28. The highest BCUT2D eigenvalue weighted by Crippen LogP contribution is 2.50. The van der Waals surface area contributed by atoms with Crippen molar-refractivity contribution in [1.29, 1.82) is 0 Å². The largest absolute Gasteiger partial charge is 0.421 e. The number of aromatic nitrogens is 4. The molecule has 1 N–H and O–H groups in total. The fraction of sp³-hybridized carbons (Fsp3) is 0.270. The second-order valence-electron chi connectivity index (χ2n) is 12.7. The highest BCUT2D eigenvalue weighted by Gasteiger charge is 2.45. The van der Waals surface area contributed by atoms with Crippen LogP contribution in [0.1, 0.15) is 75.7 Å². The summed E-state index contributed by atoms with van der Waals surface area (Å²) in [6, 6.07) is 16.8. The fourth-order valence-corrected chi connectivity index (χ4v) is 8.94. The summed E-state index contributed by atoms with van der Waals surface area (Å²) in [7, 11) is 0. The van der Waals surface area contributed by atoms with E-state index in [1.54, 1.807) is 30.4 Å². The predicted molar refractivity (Wildman–Crippen MR) is 184 cm³/mol. The summed E-state index contributed by atoms with van der Waals surface area (Å²) in [5, 5.41) is 14.1. The summed E-state index contributed by atoms with van der Waals surface area (Å²) in [4.78, 5) is 27.1. The Morgan fingerprint density at radius 2 is 1.92 bits per heavy atom. The number of carbonyl (C=O) groups excluding carboxylic acids is 1. The highest BCUT2D eigenvalue weighted by atomic mass is 35.5. The second-order valence-corrected chi connectivity index (χ2v) is 14.2. The lowest BCUT2D eigenvalue weighted by atomic mass is 9.93. The molecule has 1 saturated heterocycles. The van der Waals surface area contributed by atoms with E-state index in [4.69, 9.17) is 26.0 Å². The zero-order chi connectivity index (χ0) is 32.5. The maximum atomic E-state index is 14.2. The van der Waals surface area contributed by atoms with Gasteiger partial charge in [-0.15, -0.1) is 21.5 Å². The number of pyridine rings is 2. The van der Waals surface area contributed by atoms with Crippen LogP contribution in [0, 0.1) is 12.7 Å². The summed E-state index contributed by atoms with van der Waals surface area (Å²) < 4.78 is 20.8. The number of hydrogen-bond donors (Lipinski definition) is 1. The molecule has 240 valence electrons. The molecule has 0 radical (unpaired) electrons. The van der Waals surface area contributed by atoms with Crippen LogP contribution in [-0.2, 0) is 19.3 Å². The molecule has 8 nitrogen and oxygen atoms in total. The van der Waals surface area contributed by atoms with E-state index in [2.05, 4.69) is 27.6 Å². The molecule has 0 unspecified atom stereocenters. The van der Waals surface area contributed by atoms with Crippen LogP contribution in [0.3, 0.4) is 0 Å². The van der Waals surface area contributed by atoms with Gasteiger partial charge in [-0.3, -0.25) is 9.78 Å². The lowest BCUT2D eigenvalue weighted by Gasteiger charge is -2.16. The highest BCUT2D eigenvalue weighted by molar-refractivity contribution is 7.23. The Balaban J connectivity index is 1.21. The number of amides is 1. The van der Waals surface area contributed by atoms with Crippen molar-refractivity contribution in [2.75, 3.05) is 11.9 Å². The molecule has 2 aliphatic heterocycles. The molecule has 4 aromatic heterocycles. The van der Waals surface area contributed by atoms with Gasteiger partial charge in [-0.2, -0.15) is 0 Å². The summed E-state index contributed by atoms with van der Waals surface area (Å²) in [6.07, 6.45) is 6.75. The molecule has 9 rings (SSSR count). The molecule has 11 heteroatoms. The number of aryl methyl sites for hydroxylation is 4. The molecule has 1 fully saturated rings. The third-order valence-corrected chi connectivity index (χ3v) is 11.2. The van der Waals surface area contributed by atoms with Gasteiger partial charge in [-0.1, -0.05) is 29.8 Å². The van der Waals surface area contributed by atoms with Gasteiger partial charge in [0, 0.05) is 35.1 Å². The number of nitrogens with one attached hydrogen (secondary N) is 1. The first-order valence-electron chi connectivity index (χ1n) is 16.3. The third-order valence-electron chi connectivity index (χ3n) is 9.82. The molecule has 0 spiro atoms. The Morgan fingerprint density at radius 1 is 1.04 bits per heavy atom. The molecule has 0 saturated carbocycles. The number of thiophene rings is 1. The number of carbonyl (C=O) groups is 1. The molecule has 1 amide bonds. The van der Waals surface area contributed by atoms with Crippen LogP contribution in [0.25, 0.3) is 32.0 Å². The first kappa shape index (κ1) is 29.5. The topological polar surface area (TPSA) is 97.0 Å². The third kappa shape index (κ3) is 4.88. The first-order valence-corrected chi connectivity index (χ1v) is 17.5. The molecule has 48 heavy (non-hydrogen) atoms. The molecule has 2 aromatic carbocycles. The van der Waals surface area contributed by atoms with E-state index in [1.807, 2.05) is 29.3 Å². The van der Waals surface area contributed by atoms with Crippen molar-refractivity contribution < 1.29 is 13.6 Å². The maximum Gasteiger partial charge on any atom is 0.257 e. The summed E-state index contributed by atoms with van der Waals surface area (Å²) >= 11 is 7.98. The number of halogens is 2. The van der Waals surface area contributed by atoms with Gasteiger partial charge in [0.2, 0.25) is 11.8 Å². The van der Waals surface area contributed by atoms with Gasteiger partial charge >= 0.3 is 0 Å². The summed E-state index contributed by atoms with van der Waals surface area (Å²) in [6.45, 7) is 2.46. The average Bonchev–Trinajstić information content (AvgIpc) is 3.92. The van der Waals surface area contributed by atoms with Crippen LogP contribution < -0.4 is 5.32 Å². The molecule has 6 aromatic rings. The van der Waals surface area contributed by atoms with Crippen LogP contribution in [0.15, 0.2) is 65.2 Å². The summed E-state index contributed by atoms with van der Waals surface area (Å²) in [5.41, 5.74) is 7.17. The number of benzene rings is 2. The Morgan fingerprint density at radius 3 is 2.75 bits per heavy atom. The Bertz CT molecular complexity index is 2250. The van der Waals surface area contributed by atoms with Crippen molar-refractivity contribution in [2.24, 2.45) is 0 Å². The van der Waals surface area contributed by atoms with Gasteiger partial charge in [0.05, 0.1) is 39.3 Å². The lowest BCUT2D eigenvalue weighted by molar-refractivity contribution is 0.0776. The lowest BCUT2D eigenvalue weighted by Crippen LogP contribution is -2.22. The maximum absolute atomic E-state index is 14.2. The average molecular weight is 677 g/mol. The second kappa shape index (κ2) is 11.5. The number of hydrogen-bond acceptors (Lipinski definition) is 8. The molecule has 0 bridgehead atoms. The van der Waals surface area contributed by atoms with E-state index in [9.17, 15) is 9.18 Å². The van der Waals surface area contributed by atoms with Crippen molar-refractivity contribution in [3.8, 4) is 21.9 Å². The molecule has 6 heterocycles. The van der Waals surface area contributed by atoms with Gasteiger partial charge in [-0.25, -0.2) is 9.37 Å². The zero-order valence-corrected chi connectivity index (χ0v) is 27.7. The van der Waals surface area contributed by atoms with Crippen molar-refractivity contribution >= 4 is 44.7 Å². The Kier molecular flexibility index (Phi) is 7.05. The van der Waals surface area contributed by atoms with Crippen molar-refractivity contribution in [1.82, 2.24) is 25.1 Å². The van der Waals surface area contributed by atoms with Gasteiger partial charge in [0.1, 0.15) is 11.6 Å². The number of fused-ring (bicyclic) bond motifs is 5. The number of anilines is 1. The van der Waals surface area contributed by atoms with E-state index >= 15 is 0 Å². The van der Waals surface area contributed by atoms with Crippen LogP contribution in [0.5, 0.6) is 0 Å². The normalized spacial score (nSPS) is 18.1. The molecule has 1 aliphatic carbocycles. The molecule has 2 atom stereocenters. The van der Waals surface area contributed by atoms with Crippen molar-refractivity contribution in [2.45, 2.75) is 57.5 Å². The van der Waals surface area contributed by atoms with Crippen LogP contribution in [0.2, 0.25) is 5.02 Å². The molecular formula is C37H30ClFN6O2S. The minimum Gasteiger partial charge on any atom is -0.421 e. The quantitative estimate of drug-likeness (QED) is 0.181. The fourth-order valence-electron chi connectivity index (χ4n) is 7.60. The minimum atomic E-state index is -0.271. The molecular weight excluding hydrogens is 647 g/mol. The standard InChI is InChI=1S/C37H30ClFN6O2S/c1-19-43-44-36(47-19)30-27(12-6-20-4-10-24(39)11-5-20)41-33-28-3-2-16-45(28)37(46)32(33)31(30)29-17-22-14-15-40-35(34(22)48-29)42-26-13-8-21-7-9-23(38)18-25(21)26/h4-5,7,9-11,14-15,17-18,26,28H,2-3,6,8,12-13,16H2,1H3,(H,40,42)/t26-,28-/m1/s1. The van der Waals surface area contributed by atoms with E-state index < -0.39 is 0 Å². The van der Waals surface area contributed by atoms with Gasteiger partial charge in [-0.05, 0) is 97.0 Å². The van der Waals surface area contributed by atoms with Gasteiger partial charge in [0.25, 0.3) is 5.91 Å². The number of nitrogens with zero attached hydrogens (tertiary/aromatic N) is 5. The van der Waals surface area contributed by atoms with Crippen LogP contribution in [0.4, 0.5) is 10.2 Å². The van der Waals surface area contributed by atoms with Crippen LogP contribution in [-0.4, -0.2) is 37.5 Å². The first-order chi connectivity index (χ1) is 23.4. The monoisotopic (exact) mass is 676 g/mol. The smallest absolute Gasteiger partial charge is 0.257 e. The molecule has 3 aliphatic rings. The Hall–Kier alpha value is -4.67. The van der Waals surface area contributed by atoms with Crippen LogP contribution >= 0.6 is 22.9 Å².